The minimum absolute atomic E-state index is 0.437. The Balaban J connectivity index is 2.10. The molecule has 2 N–H and O–H groups in total. The van der Waals surface area contributed by atoms with Crippen LogP contribution in [0.4, 0.5) is 0 Å². The lowest BCUT2D eigenvalue weighted by Crippen LogP contribution is -2.42. The van der Waals surface area contributed by atoms with Crippen LogP contribution < -0.4 is 10.5 Å². The van der Waals surface area contributed by atoms with Crippen LogP contribution in [0, 0.1) is 0 Å². The van der Waals surface area contributed by atoms with Crippen molar-refractivity contribution in [1.29, 1.82) is 0 Å². The average Bonchev–Trinajstić information content (AvgIpc) is 2.50. The zero-order valence-corrected chi connectivity index (χ0v) is 14.2. The zero-order chi connectivity index (χ0) is 16.2. The van der Waals surface area contributed by atoms with Crippen molar-refractivity contribution >= 4 is 11.6 Å². The summed E-state index contributed by atoms with van der Waals surface area (Å²) >= 11 is 5.93. The van der Waals surface area contributed by atoms with Gasteiger partial charge < -0.3 is 10.5 Å². The quantitative estimate of drug-likeness (QED) is 0.830. The van der Waals surface area contributed by atoms with E-state index < -0.39 is 5.60 Å². The number of ether oxygens (including phenoxy) is 1. The lowest BCUT2D eigenvalue weighted by molar-refractivity contribution is 0.0980. The Labute approximate surface area is 138 Å². The second-order valence-electron chi connectivity index (χ2n) is 6.28. The number of benzene rings is 2. The molecule has 0 spiro atoms. The largest absolute Gasteiger partial charge is 0.486 e. The second-order valence-corrected chi connectivity index (χ2v) is 6.72. The van der Waals surface area contributed by atoms with Crippen molar-refractivity contribution in [3.8, 4) is 5.75 Å². The third-order valence-electron chi connectivity index (χ3n) is 3.83. The molecule has 0 aliphatic heterocycles. The van der Waals surface area contributed by atoms with Gasteiger partial charge >= 0.3 is 0 Å². The lowest BCUT2D eigenvalue weighted by atomic mass is 9.96. The SMILES string of the molecule is CC(C)c1ccc(O[C@](C)(CN)Cc2ccc(Cl)cc2)cc1. The fraction of sp³-hybridized carbons (Fsp3) is 0.368. The molecule has 0 saturated carbocycles. The third kappa shape index (κ3) is 4.49. The van der Waals surface area contributed by atoms with E-state index in [4.69, 9.17) is 22.1 Å². The number of hydrogen-bond acceptors (Lipinski definition) is 2. The summed E-state index contributed by atoms with van der Waals surface area (Å²) in [6.07, 6.45) is 0.743. The minimum atomic E-state index is -0.437. The van der Waals surface area contributed by atoms with Crippen LogP contribution in [0.3, 0.4) is 0 Å². The summed E-state index contributed by atoms with van der Waals surface area (Å²) in [6.45, 7) is 6.85. The van der Waals surface area contributed by atoms with E-state index >= 15 is 0 Å². The highest BCUT2D eigenvalue weighted by Crippen LogP contribution is 2.24. The molecule has 0 aliphatic carbocycles. The van der Waals surface area contributed by atoms with Gasteiger partial charge in [-0.3, -0.25) is 0 Å². The molecule has 0 saturated heterocycles. The second kappa shape index (κ2) is 7.17. The van der Waals surface area contributed by atoms with Crippen LogP contribution in [0.5, 0.6) is 5.75 Å². The first kappa shape index (κ1) is 16.9. The Morgan fingerprint density at radius 2 is 1.64 bits per heavy atom. The molecule has 0 amide bonds. The number of hydrogen-bond donors (Lipinski definition) is 1. The van der Waals surface area contributed by atoms with E-state index in [1.54, 1.807) is 0 Å². The van der Waals surface area contributed by atoms with Gasteiger partial charge in [-0.15, -0.1) is 0 Å². The highest BCUT2D eigenvalue weighted by molar-refractivity contribution is 6.30. The molecular weight excluding hydrogens is 294 g/mol. The molecule has 2 aromatic rings. The molecule has 0 fully saturated rings. The molecule has 2 nitrogen and oxygen atoms in total. The summed E-state index contributed by atoms with van der Waals surface area (Å²) in [5.74, 6) is 1.37. The summed E-state index contributed by atoms with van der Waals surface area (Å²) in [5, 5.41) is 0.739. The van der Waals surface area contributed by atoms with Crippen molar-refractivity contribution in [2.75, 3.05) is 6.54 Å². The van der Waals surface area contributed by atoms with Crippen LogP contribution in [-0.4, -0.2) is 12.1 Å². The molecule has 0 aliphatic rings. The first-order valence-electron chi connectivity index (χ1n) is 7.65. The van der Waals surface area contributed by atoms with Crippen molar-refractivity contribution in [3.05, 3.63) is 64.7 Å². The molecule has 2 aromatic carbocycles. The molecular formula is C19H24ClNO. The van der Waals surface area contributed by atoms with Gasteiger partial charge in [0.1, 0.15) is 11.4 Å². The van der Waals surface area contributed by atoms with Crippen molar-refractivity contribution in [1.82, 2.24) is 0 Å². The van der Waals surface area contributed by atoms with Crippen molar-refractivity contribution in [2.24, 2.45) is 5.73 Å². The molecule has 0 heterocycles. The molecule has 0 bridgehead atoms. The Morgan fingerprint density at radius 1 is 1.05 bits per heavy atom. The minimum Gasteiger partial charge on any atom is -0.486 e. The molecule has 0 radical (unpaired) electrons. The maximum atomic E-state index is 6.16. The van der Waals surface area contributed by atoms with Gasteiger partial charge in [0.05, 0.1) is 0 Å². The van der Waals surface area contributed by atoms with Gasteiger partial charge in [-0.1, -0.05) is 49.7 Å². The standard InChI is InChI=1S/C19H24ClNO/c1-14(2)16-6-10-18(11-7-16)22-19(3,13-21)12-15-4-8-17(20)9-5-15/h4-11,14H,12-13,21H2,1-3H3/t19-/m0/s1. The monoisotopic (exact) mass is 317 g/mol. The van der Waals surface area contributed by atoms with Gasteiger partial charge in [-0.25, -0.2) is 0 Å². The van der Waals surface area contributed by atoms with E-state index in [-0.39, 0.29) is 0 Å². The lowest BCUT2D eigenvalue weighted by Gasteiger charge is -2.30. The maximum Gasteiger partial charge on any atom is 0.122 e. The maximum absolute atomic E-state index is 6.16. The zero-order valence-electron chi connectivity index (χ0n) is 13.5. The Bertz CT molecular complexity index is 592. The molecule has 2 rings (SSSR count). The van der Waals surface area contributed by atoms with Crippen LogP contribution in [-0.2, 0) is 6.42 Å². The number of nitrogens with two attached hydrogens (primary N) is 1. The summed E-state index contributed by atoms with van der Waals surface area (Å²) in [4.78, 5) is 0. The predicted molar refractivity (Wildman–Crippen MR) is 93.8 cm³/mol. The van der Waals surface area contributed by atoms with Crippen LogP contribution >= 0.6 is 11.6 Å². The fourth-order valence-corrected chi connectivity index (χ4v) is 2.52. The van der Waals surface area contributed by atoms with Crippen molar-refractivity contribution in [2.45, 2.75) is 38.7 Å². The van der Waals surface area contributed by atoms with Gasteiger partial charge in [0.15, 0.2) is 0 Å². The smallest absolute Gasteiger partial charge is 0.122 e. The third-order valence-corrected chi connectivity index (χ3v) is 4.09. The van der Waals surface area contributed by atoms with Crippen LogP contribution in [0.25, 0.3) is 0 Å². The van der Waals surface area contributed by atoms with Gasteiger partial charge in [-0.2, -0.15) is 0 Å². The predicted octanol–water partition coefficient (Wildman–Crippen LogP) is 4.80. The molecule has 0 unspecified atom stereocenters. The summed E-state index contributed by atoms with van der Waals surface area (Å²) < 4.78 is 6.16. The molecule has 22 heavy (non-hydrogen) atoms. The Morgan fingerprint density at radius 3 is 2.14 bits per heavy atom. The van der Waals surface area contributed by atoms with Gasteiger partial charge in [-0.05, 0) is 48.2 Å². The van der Waals surface area contributed by atoms with Gasteiger partial charge in [0.2, 0.25) is 0 Å². The normalized spacial score (nSPS) is 13.9. The summed E-state index contributed by atoms with van der Waals surface area (Å²) in [7, 11) is 0. The van der Waals surface area contributed by atoms with Crippen LogP contribution in [0.2, 0.25) is 5.02 Å². The highest BCUT2D eigenvalue weighted by Gasteiger charge is 2.25. The molecule has 118 valence electrons. The van der Waals surface area contributed by atoms with Crippen LogP contribution in [0.1, 0.15) is 37.8 Å². The average molecular weight is 318 g/mol. The van der Waals surface area contributed by atoms with Crippen molar-refractivity contribution < 1.29 is 4.74 Å². The van der Waals surface area contributed by atoms with E-state index in [1.807, 2.05) is 43.3 Å². The van der Waals surface area contributed by atoms with Gasteiger partial charge in [0.25, 0.3) is 0 Å². The topological polar surface area (TPSA) is 35.2 Å². The van der Waals surface area contributed by atoms with E-state index in [0.29, 0.717) is 12.5 Å². The summed E-state index contributed by atoms with van der Waals surface area (Å²) in [5.41, 5.74) is 7.99. The van der Waals surface area contributed by atoms with E-state index in [1.165, 1.54) is 5.56 Å². The van der Waals surface area contributed by atoms with E-state index in [2.05, 4.69) is 26.0 Å². The first-order chi connectivity index (χ1) is 10.4. The number of halogens is 1. The van der Waals surface area contributed by atoms with Crippen molar-refractivity contribution in [3.63, 3.8) is 0 Å². The first-order valence-corrected chi connectivity index (χ1v) is 8.03. The van der Waals surface area contributed by atoms with E-state index in [0.717, 1.165) is 22.8 Å². The molecule has 1 atom stereocenters. The number of rotatable bonds is 6. The molecule has 3 heteroatoms. The Hall–Kier alpha value is -1.51. The fourth-order valence-electron chi connectivity index (χ4n) is 2.39. The van der Waals surface area contributed by atoms with Crippen LogP contribution in [0.15, 0.2) is 48.5 Å². The van der Waals surface area contributed by atoms with E-state index in [9.17, 15) is 0 Å². The molecule has 0 aromatic heterocycles. The highest BCUT2D eigenvalue weighted by atomic mass is 35.5. The Kier molecular flexibility index (Phi) is 5.49. The van der Waals surface area contributed by atoms with Gasteiger partial charge in [0, 0.05) is 18.0 Å². The summed E-state index contributed by atoms with van der Waals surface area (Å²) in [6, 6.07) is 16.1.